The fraction of sp³-hybridized carbons (Fsp3) is 0.625. The number of halogens is 3. The molecule has 136 valence electrons. The lowest BCUT2D eigenvalue weighted by Crippen LogP contribution is -2.35. The number of likely N-dealkylation sites (tertiary alicyclic amines) is 1. The van der Waals surface area contributed by atoms with Gasteiger partial charge in [0.15, 0.2) is 0 Å². The van der Waals surface area contributed by atoms with Gasteiger partial charge in [-0.3, -0.25) is 0 Å². The quantitative estimate of drug-likeness (QED) is 0.733. The number of nitrogens with one attached hydrogen (secondary N) is 1. The summed E-state index contributed by atoms with van der Waals surface area (Å²) in [6, 6.07) is 3.25. The Kier molecular flexibility index (Phi) is 6.31. The van der Waals surface area contributed by atoms with E-state index in [1.54, 1.807) is 0 Å². The van der Waals surface area contributed by atoms with Crippen LogP contribution in [0.25, 0.3) is 0 Å². The minimum Gasteiger partial charge on any atom is -0.488 e. The van der Waals surface area contributed by atoms with Crippen LogP contribution in [0.1, 0.15) is 18.4 Å². The molecule has 5 nitrogen and oxygen atoms in total. The van der Waals surface area contributed by atoms with Crippen molar-refractivity contribution in [2.75, 3.05) is 38.6 Å². The monoisotopic (exact) mass is 348 g/mol. The summed E-state index contributed by atoms with van der Waals surface area (Å²) in [7, 11) is 2.01. The van der Waals surface area contributed by atoms with Gasteiger partial charge in [0.05, 0.1) is 24.0 Å². The van der Waals surface area contributed by atoms with E-state index in [0.717, 1.165) is 38.1 Å². The van der Waals surface area contributed by atoms with Crippen molar-refractivity contribution in [2.45, 2.75) is 31.2 Å². The normalized spacial score (nSPS) is 18.4. The topological polar surface area (TPSA) is 65.0 Å². The summed E-state index contributed by atoms with van der Waals surface area (Å²) >= 11 is 0. The SMILES string of the molecule is CN1CCC(Oc2ccc(C(F)(F)F)cc2NCC(O)CO)CC1. The van der Waals surface area contributed by atoms with E-state index < -0.39 is 24.5 Å². The molecular weight excluding hydrogens is 325 g/mol. The molecule has 0 bridgehead atoms. The summed E-state index contributed by atoms with van der Waals surface area (Å²) < 4.78 is 44.6. The van der Waals surface area contributed by atoms with E-state index in [1.807, 2.05) is 7.05 Å². The number of piperidine rings is 1. The molecule has 3 N–H and O–H groups in total. The molecule has 1 saturated heterocycles. The second-order valence-electron chi connectivity index (χ2n) is 6.05. The Morgan fingerprint density at radius 1 is 1.33 bits per heavy atom. The zero-order valence-electron chi connectivity index (χ0n) is 13.5. The van der Waals surface area contributed by atoms with Gasteiger partial charge in [0.25, 0.3) is 0 Å². The molecule has 1 aromatic carbocycles. The molecule has 1 fully saturated rings. The smallest absolute Gasteiger partial charge is 0.416 e. The maximum Gasteiger partial charge on any atom is 0.416 e. The number of aliphatic hydroxyl groups excluding tert-OH is 2. The molecule has 0 saturated carbocycles. The minimum absolute atomic E-state index is 0.0544. The van der Waals surface area contributed by atoms with Crippen molar-refractivity contribution >= 4 is 5.69 Å². The van der Waals surface area contributed by atoms with E-state index in [1.165, 1.54) is 6.07 Å². The number of alkyl halides is 3. The highest BCUT2D eigenvalue weighted by molar-refractivity contribution is 5.58. The maximum absolute atomic E-state index is 12.9. The van der Waals surface area contributed by atoms with Gasteiger partial charge < -0.3 is 25.2 Å². The van der Waals surface area contributed by atoms with Gasteiger partial charge in [-0.05, 0) is 38.1 Å². The van der Waals surface area contributed by atoms with Crippen LogP contribution in [0.15, 0.2) is 18.2 Å². The first-order valence-electron chi connectivity index (χ1n) is 7.89. The molecule has 1 atom stereocenters. The lowest BCUT2D eigenvalue weighted by molar-refractivity contribution is -0.137. The lowest BCUT2D eigenvalue weighted by atomic mass is 10.1. The van der Waals surface area contributed by atoms with Crippen LogP contribution in [-0.4, -0.2) is 60.6 Å². The fourth-order valence-corrected chi connectivity index (χ4v) is 2.52. The van der Waals surface area contributed by atoms with Crippen molar-refractivity contribution in [3.05, 3.63) is 23.8 Å². The molecule has 24 heavy (non-hydrogen) atoms. The summed E-state index contributed by atoms with van der Waals surface area (Å²) in [6.45, 7) is 1.20. The van der Waals surface area contributed by atoms with Gasteiger partial charge >= 0.3 is 6.18 Å². The molecule has 1 aromatic rings. The zero-order valence-corrected chi connectivity index (χ0v) is 13.5. The van der Waals surface area contributed by atoms with Crippen molar-refractivity contribution in [1.29, 1.82) is 0 Å². The number of aliphatic hydroxyl groups is 2. The van der Waals surface area contributed by atoms with Gasteiger partial charge in [-0.15, -0.1) is 0 Å². The second-order valence-corrected chi connectivity index (χ2v) is 6.05. The molecule has 0 radical (unpaired) electrons. The Bertz CT molecular complexity index is 532. The van der Waals surface area contributed by atoms with E-state index >= 15 is 0 Å². The highest BCUT2D eigenvalue weighted by atomic mass is 19.4. The molecule has 1 aliphatic heterocycles. The van der Waals surface area contributed by atoms with Crippen molar-refractivity contribution in [2.24, 2.45) is 0 Å². The Balaban J connectivity index is 2.15. The molecule has 1 aliphatic rings. The summed E-state index contributed by atoms with van der Waals surface area (Å²) in [6.07, 6.45) is -3.97. The molecule has 8 heteroatoms. The predicted octanol–water partition coefficient (Wildman–Crippen LogP) is 1.94. The lowest BCUT2D eigenvalue weighted by Gasteiger charge is -2.30. The number of hydrogen-bond acceptors (Lipinski definition) is 5. The van der Waals surface area contributed by atoms with Gasteiger partial charge in [0, 0.05) is 19.6 Å². The van der Waals surface area contributed by atoms with E-state index in [9.17, 15) is 18.3 Å². The number of rotatable bonds is 6. The highest BCUT2D eigenvalue weighted by Crippen LogP contribution is 2.36. The Morgan fingerprint density at radius 3 is 2.58 bits per heavy atom. The predicted molar refractivity (Wildman–Crippen MR) is 84.2 cm³/mol. The number of hydrogen-bond donors (Lipinski definition) is 3. The molecule has 1 unspecified atom stereocenters. The van der Waals surface area contributed by atoms with E-state index in [4.69, 9.17) is 9.84 Å². The molecule has 0 amide bonds. The largest absolute Gasteiger partial charge is 0.488 e. The third-order valence-corrected chi connectivity index (χ3v) is 4.01. The van der Waals surface area contributed by atoms with Gasteiger partial charge in [0.2, 0.25) is 0 Å². The molecule has 0 aromatic heterocycles. The number of nitrogens with zero attached hydrogens (tertiary/aromatic N) is 1. The van der Waals surface area contributed by atoms with Crippen LogP contribution in [0.5, 0.6) is 5.75 Å². The molecule has 0 spiro atoms. The standard InChI is InChI=1S/C16H23F3N2O3/c1-21-6-4-13(5-7-21)24-15-3-2-11(16(17,18)19)8-14(15)20-9-12(23)10-22/h2-3,8,12-13,20,22-23H,4-7,9-10H2,1H3. The van der Waals surface area contributed by atoms with E-state index in [-0.39, 0.29) is 18.3 Å². The van der Waals surface area contributed by atoms with E-state index in [0.29, 0.717) is 5.75 Å². The maximum atomic E-state index is 12.9. The summed E-state index contributed by atoms with van der Waals surface area (Å²) in [5.41, 5.74) is -0.629. The van der Waals surface area contributed by atoms with Crippen molar-refractivity contribution < 1.29 is 28.1 Å². The zero-order chi connectivity index (χ0) is 17.7. The van der Waals surface area contributed by atoms with Crippen LogP contribution in [0.4, 0.5) is 18.9 Å². The Morgan fingerprint density at radius 2 is 2.00 bits per heavy atom. The van der Waals surface area contributed by atoms with Gasteiger partial charge in [0.1, 0.15) is 11.9 Å². The fourth-order valence-electron chi connectivity index (χ4n) is 2.52. The van der Waals surface area contributed by atoms with Crippen LogP contribution in [0.2, 0.25) is 0 Å². The van der Waals surface area contributed by atoms with Crippen LogP contribution in [0.3, 0.4) is 0 Å². The highest BCUT2D eigenvalue weighted by Gasteiger charge is 2.31. The van der Waals surface area contributed by atoms with Gasteiger partial charge in [-0.2, -0.15) is 13.2 Å². The van der Waals surface area contributed by atoms with Crippen LogP contribution in [0, 0.1) is 0 Å². The molecule has 0 aliphatic carbocycles. The minimum atomic E-state index is -4.46. The summed E-state index contributed by atoms with van der Waals surface area (Å²) in [5, 5.41) is 21.0. The molecular formula is C16H23F3N2O3. The van der Waals surface area contributed by atoms with Crippen LogP contribution < -0.4 is 10.1 Å². The average molecular weight is 348 g/mol. The van der Waals surface area contributed by atoms with Crippen molar-refractivity contribution in [1.82, 2.24) is 4.90 Å². The first kappa shape index (κ1) is 18.8. The number of benzene rings is 1. The molecule has 2 rings (SSSR count). The average Bonchev–Trinajstić information content (AvgIpc) is 2.54. The second kappa shape index (κ2) is 8.04. The summed E-state index contributed by atoms with van der Waals surface area (Å²) in [4.78, 5) is 2.17. The van der Waals surface area contributed by atoms with Crippen LogP contribution >= 0.6 is 0 Å². The third kappa shape index (κ3) is 5.25. The number of ether oxygens (including phenoxy) is 1. The third-order valence-electron chi connectivity index (χ3n) is 4.01. The van der Waals surface area contributed by atoms with Gasteiger partial charge in [-0.25, -0.2) is 0 Å². The Hall–Kier alpha value is -1.51. The molecule has 1 heterocycles. The first-order chi connectivity index (χ1) is 11.3. The first-order valence-corrected chi connectivity index (χ1v) is 7.89. The number of anilines is 1. The Labute approximate surface area is 139 Å². The van der Waals surface area contributed by atoms with Crippen molar-refractivity contribution in [3.63, 3.8) is 0 Å². The van der Waals surface area contributed by atoms with Crippen molar-refractivity contribution in [3.8, 4) is 5.75 Å². The van der Waals surface area contributed by atoms with E-state index in [2.05, 4.69) is 10.2 Å². The van der Waals surface area contributed by atoms with Gasteiger partial charge in [-0.1, -0.05) is 0 Å². The van der Waals surface area contributed by atoms with Crippen LogP contribution in [-0.2, 0) is 6.18 Å². The summed E-state index contributed by atoms with van der Waals surface area (Å²) in [5.74, 6) is 0.322.